The van der Waals surface area contributed by atoms with E-state index in [1.165, 1.54) is 15.1 Å². The number of thiophene rings is 1. The second-order valence-corrected chi connectivity index (χ2v) is 5.64. The van der Waals surface area contributed by atoms with Crippen molar-refractivity contribution in [1.29, 1.82) is 0 Å². The van der Waals surface area contributed by atoms with E-state index in [2.05, 4.69) is 28.8 Å². The van der Waals surface area contributed by atoms with Gasteiger partial charge >= 0.3 is 5.69 Å². The van der Waals surface area contributed by atoms with Crippen LogP contribution in [0.2, 0.25) is 0 Å². The summed E-state index contributed by atoms with van der Waals surface area (Å²) in [5, 5.41) is 9.74. The molecule has 20 heavy (non-hydrogen) atoms. The molecule has 0 bridgehead atoms. The number of aryl methyl sites for hydroxylation is 1. The molecule has 0 unspecified atom stereocenters. The zero-order valence-electron chi connectivity index (χ0n) is 11.2. The van der Waals surface area contributed by atoms with Crippen LogP contribution in [-0.4, -0.2) is 20.7 Å². The Morgan fingerprint density at radius 1 is 1.35 bits per heavy atom. The molecular formula is C14H16N4OS. The molecule has 104 valence electrons. The molecule has 0 radical (unpaired) electrons. The topological polar surface area (TPSA) is 51.3 Å². The molecule has 0 aliphatic rings. The number of hydrogen-bond donors (Lipinski definition) is 1. The molecular weight excluding hydrogens is 272 g/mol. The monoisotopic (exact) mass is 288 g/mol. The van der Waals surface area contributed by atoms with Gasteiger partial charge in [-0.2, -0.15) is 0 Å². The van der Waals surface area contributed by atoms with Gasteiger partial charge in [0.25, 0.3) is 0 Å². The number of rotatable bonds is 5. The van der Waals surface area contributed by atoms with Crippen LogP contribution in [0, 0.1) is 6.92 Å². The summed E-state index contributed by atoms with van der Waals surface area (Å²) in [6.45, 7) is 4.25. The van der Waals surface area contributed by atoms with Gasteiger partial charge in [-0.15, -0.1) is 16.4 Å². The molecule has 3 rings (SSSR count). The molecule has 0 aliphatic heterocycles. The SMILES string of the molecule is Cc1ccsc1CNCCn1nc2ccccn2c1=O. The van der Waals surface area contributed by atoms with Crippen LogP contribution >= 0.6 is 11.3 Å². The minimum absolute atomic E-state index is 0.0882. The molecule has 0 atom stereocenters. The predicted molar refractivity (Wildman–Crippen MR) is 80.2 cm³/mol. The predicted octanol–water partition coefficient (Wildman–Crippen LogP) is 1.66. The van der Waals surface area contributed by atoms with Crippen molar-refractivity contribution >= 4 is 17.0 Å². The maximum Gasteiger partial charge on any atom is 0.350 e. The second kappa shape index (κ2) is 5.60. The third kappa shape index (κ3) is 2.52. The van der Waals surface area contributed by atoms with Gasteiger partial charge in [0.2, 0.25) is 0 Å². The summed E-state index contributed by atoms with van der Waals surface area (Å²) in [7, 11) is 0. The molecule has 5 nitrogen and oxygen atoms in total. The standard InChI is InChI=1S/C14H16N4OS/c1-11-5-9-20-12(11)10-15-6-8-18-14(19)17-7-3-2-4-13(17)16-18/h2-5,7,9,15H,6,8,10H2,1H3. The third-order valence-corrected chi connectivity index (χ3v) is 4.27. The average Bonchev–Trinajstić information content (AvgIpc) is 3.00. The van der Waals surface area contributed by atoms with Crippen molar-refractivity contribution in [1.82, 2.24) is 19.5 Å². The number of aromatic nitrogens is 3. The van der Waals surface area contributed by atoms with Crippen molar-refractivity contribution in [2.45, 2.75) is 20.0 Å². The van der Waals surface area contributed by atoms with Crippen LogP contribution in [0.1, 0.15) is 10.4 Å². The van der Waals surface area contributed by atoms with Crippen LogP contribution < -0.4 is 11.0 Å². The molecule has 0 fully saturated rings. The number of nitrogens with zero attached hydrogens (tertiary/aromatic N) is 3. The Labute approximate surface area is 120 Å². The van der Waals surface area contributed by atoms with Crippen LogP contribution in [0.3, 0.4) is 0 Å². The Hall–Kier alpha value is -1.92. The van der Waals surface area contributed by atoms with Gasteiger partial charge in [0.15, 0.2) is 5.65 Å². The first kappa shape index (κ1) is 13.1. The lowest BCUT2D eigenvalue weighted by Gasteiger charge is -2.03. The highest BCUT2D eigenvalue weighted by Crippen LogP contribution is 2.14. The second-order valence-electron chi connectivity index (χ2n) is 4.64. The number of fused-ring (bicyclic) bond motifs is 1. The fraction of sp³-hybridized carbons (Fsp3) is 0.286. The Morgan fingerprint density at radius 3 is 3.00 bits per heavy atom. The van der Waals surface area contributed by atoms with Gasteiger partial charge in [-0.3, -0.25) is 4.40 Å². The highest BCUT2D eigenvalue weighted by molar-refractivity contribution is 7.10. The summed E-state index contributed by atoms with van der Waals surface area (Å²) in [5.74, 6) is 0. The molecule has 3 aromatic rings. The molecule has 0 amide bonds. The summed E-state index contributed by atoms with van der Waals surface area (Å²) in [4.78, 5) is 13.4. The van der Waals surface area contributed by atoms with Gasteiger partial charge in [0, 0.05) is 24.2 Å². The van der Waals surface area contributed by atoms with Crippen molar-refractivity contribution in [3.63, 3.8) is 0 Å². The summed E-state index contributed by atoms with van der Waals surface area (Å²) in [6, 6.07) is 7.66. The quantitative estimate of drug-likeness (QED) is 0.726. The average molecular weight is 288 g/mol. The summed E-state index contributed by atoms with van der Waals surface area (Å²) < 4.78 is 3.06. The maximum atomic E-state index is 12.0. The van der Waals surface area contributed by atoms with E-state index in [9.17, 15) is 4.79 Å². The highest BCUT2D eigenvalue weighted by Gasteiger charge is 2.05. The summed E-state index contributed by atoms with van der Waals surface area (Å²) in [6.07, 6.45) is 1.74. The van der Waals surface area contributed by atoms with E-state index in [0.29, 0.717) is 12.2 Å². The lowest BCUT2D eigenvalue weighted by Crippen LogP contribution is -2.27. The maximum absolute atomic E-state index is 12.0. The van der Waals surface area contributed by atoms with Crippen LogP contribution in [0.4, 0.5) is 0 Å². The van der Waals surface area contributed by atoms with Gasteiger partial charge in [-0.1, -0.05) is 6.07 Å². The molecule has 0 spiro atoms. The molecule has 6 heteroatoms. The Kier molecular flexibility index (Phi) is 3.66. The minimum atomic E-state index is -0.0882. The summed E-state index contributed by atoms with van der Waals surface area (Å²) >= 11 is 1.75. The Balaban J connectivity index is 1.62. The lowest BCUT2D eigenvalue weighted by molar-refractivity contribution is 0.542. The smallest absolute Gasteiger partial charge is 0.310 e. The lowest BCUT2D eigenvalue weighted by atomic mass is 10.3. The van der Waals surface area contributed by atoms with Crippen LogP contribution in [0.25, 0.3) is 5.65 Å². The largest absolute Gasteiger partial charge is 0.350 e. The van der Waals surface area contributed by atoms with Crippen LogP contribution in [0.5, 0.6) is 0 Å². The van der Waals surface area contributed by atoms with Crippen molar-refractivity contribution in [2.24, 2.45) is 0 Å². The van der Waals surface area contributed by atoms with Crippen molar-refractivity contribution in [2.75, 3.05) is 6.54 Å². The van der Waals surface area contributed by atoms with E-state index in [4.69, 9.17) is 0 Å². The number of nitrogens with one attached hydrogen (secondary N) is 1. The van der Waals surface area contributed by atoms with Crippen LogP contribution in [0.15, 0.2) is 40.6 Å². The first-order valence-corrected chi connectivity index (χ1v) is 7.41. The van der Waals surface area contributed by atoms with Crippen molar-refractivity contribution < 1.29 is 0 Å². The molecule has 0 aromatic carbocycles. The highest BCUT2D eigenvalue weighted by atomic mass is 32.1. The first-order valence-electron chi connectivity index (χ1n) is 6.53. The fourth-order valence-electron chi connectivity index (χ4n) is 2.09. The van der Waals surface area contributed by atoms with E-state index in [1.54, 1.807) is 21.9 Å². The molecule has 1 N–H and O–H groups in total. The third-order valence-electron chi connectivity index (χ3n) is 3.24. The molecule has 0 saturated carbocycles. The zero-order chi connectivity index (χ0) is 13.9. The first-order chi connectivity index (χ1) is 9.75. The summed E-state index contributed by atoms with van der Waals surface area (Å²) in [5.41, 5.74) is 1.91. The Morgan fingerprint density at radius 2 is 2.25 bits per heavy atom. The molecule has 0 saturated heterocycles. The number of hydrogen-bond acceptors (Lipinski definition) is 4. The van der Waals surface area contributed by atoms with E-state index >= 15 is 0 Å². The normalized spacial score (nSPS) is 11.2. The van der Waals surface area contributed by atoms with Gasteiger partial charge in [0.1, 0.15) is 0 Å². The van der Waals surface area contributed by atoms with E-state index in [1.807, 2.05) is 18.2 Å². The van der Waals surface area contributed by atoms with Crippen molar-refractivity contribution in [3.8, 4) is 0 Å². The molecule has 3 heterocycles. The minimum Gasteiger partial charge on any atom is -0.310 e. The fourth-order valence-corrected chi connectivity index (χ4v) is 2.96. The van der Waals surface area contributed by atoms with Gasteiger partial charge in [0.05, 0.1) is 6.54 Å². The molecule has 0 aliphatic carbocycles. The Bertz CT molecular complexity index is 771. The van der Waals surface area contributed by atoms with Gasteiger partial charge in [-0.05, 0) is 36.1 Å². The number of pyridine rings is 1. The zero-order valence-corrected chi connectivity index (χ0v) is 12.1. The van der Waals surface area contributed by atoms with E-state index in [0.717, 1.165) is 13.1 Å². The van der Waals surface area contributed by atoms with Gasteiger partial charge in [-0.25, -0.2) is 9.48 Å². The van der Waals surface area contributed by atoms with E-state index < -0.39 is 0 Å². The van der Waals surface area contributed by atoms with Crippen molar-refractivity contribution in [3.05, 3.63) is 56.8 Å². The van der Waals surface area contributed by atoms with Crippen LogP contribution in [-0.2, 0) is 13.1 Å². The molecule has 3 aromatic heterocycles. The van der Waals surface area contributed by atoms with Gasteiger partial charge < -0.3 is 5.32 Å². The van der Waals surface area contributed by atoms with E-state index in [-0.39, 0.29) is 5.69 Å².